The fraction of sp³-hybridized carbons (Fsp3) is 0.600. The maximum Gasteiger partial charge on any atom is 0.0642 e. The molecule has 1 aliphatic heterocycles. The maximum absolute atomic E-state index is 6.45. The van der Waals surface area contributed by atoms with Crippen LogP contribution in [0, 0.1) is 0 Å². The number of rotatable bonds is 3. The normalized spacial score (nSPS) is 19.3. The smallest absolute Gasteiger partial charge is 0.0642 e. The molecule has 1 aromatic carbocycles. The highest BCUT2D eigenvalue weighted by Gasteiger charge is 2.24. The van der Waals surface area contributed by atoms with Crippen molar-refractivity contribution in [3.05, 3.63) is 28.8 Å². The SMILES string of the molecule is CNCc1ccc(N2CCSC(C)(C)CC2)c(Cl)c1. The van der Waals surface area contributed by atoms with Gasteiger partial charge in [0.05, 0.1) is 10.7 Å². The van der Waals surface area contributed by atoms with Crippen molar-refractivity contribution in [3.8, 4) is 0 Å². The molecule has 1 N–H and O–H groups in total. The number of hydrogen-bond donors (Lipinski definition) is 1. The first-order valence-electron chi connectivity index (χ1n) is 6.84. The first kappa shape index (κ1) is 15.0. The third-order valence-corrected chi connectivity index (χ3v) is 5.25. The minimum atomic E-state index is 0.382. The largest absolute Gasteiger partial charge is 0.369 e. The van der Waals surface area contributed by atoms with Crippen molar-refractivity contribution >= 4 is 29.1 Å². The molecular formula is C15H23ClN2S. The quantitative estimate of drug-likeness (QED) is 0.914. The van der Waals surface area contributed by atoms with Gasteiger partial charge in [-0.2, -0.15) is 11.8 Å². The minimum absolute atomic E-state index is 0.382. The molecule has 1 fully saturated rings. The van der Waals surface area contributed by atoms with Gasteiger partial charge in [-0.1, -0.05) is 31.5 Å². The standard InChI is InChI=1S/C15H23ClN2S/c1-15(2)6-7-18(8-9-19-15)14-5-4-12(11-17-3)10-13(14)16/h4-5,10,17H,6-9,11H2,1-3H3. The number of anilines is 1. The molecule has 0 spiro atoms. The summed E-state index contributed by atoms with van der Waals surface area (Å²) in [6.07, 6.45) is 1.20. The minimum Gasteiger partial charge on any atom is -0.369 e. The summed E-state index contributed by atoms with van der Waals surface area (Å²) in [5.74, 6) is 1.17. The van der Waals surface area contributed by atoms with Gasteiger partial charge in [-0.05, 0) is 31.2 Å². The summed E-state index contributed by atoms with van der Waals surface area (Å²) in [6.45, 7) is 7.70. The van der Waals surface area contributed by atoms with Crippen LogP contribution in [0.1, 0.15) is 25.8 Å². The molecule has 1 heterocycles. The highest BCUT2D eigenvalue weighted by molar-refractivity contribution is 8.00. The van der Waals surface area contributed by atoms with Gasteiger partial charge in [-0.25, -0.2) is 0 Å². The second kappa shape index (κ2) is 6.38. The van der Waals surface area contributed by atoms with Crippen molar-refractivity contribution in [3.63, 3.8) is 0 Å². The lowest BCUT2D eigenvalue weighted by Gasteiger charge is -2.25. The number of thioether (sulfide) groups is 1. The zero-order valence-corrected chi connectivity index (χ0v) is 13.6. The van der Waals surface area contributed by atoms with Crippen LogP contribution < -0.4 is 10.2 Å². The lowest BCUT2D eigenvalue weighted by molar-refractivity contribution is 0.638. The molecule has 1 saturated heterocycles. The first-order chi connectivity index (χ1) is 9.02. The van der Waals surface area contributed by atoms with Crippen molar-refractivity contribution in [1.29, 1.82) is 0 Å². The van der Waals surface area contributed by atoms with Gasteiger partial charge in [0.2, 0.25) is 0 Å². The Labute approximate surface area is 125 Å². The van der Waals surface area contributed by atoms with E-state index in [0.717, 1.165) is 24.7 Å². The Morgan fingerprint density at radius 3 is 2.84 bits per heavy atom. The third-order valence-electron chi connectivity index (χ3n) is 3.57. The Kier molecular flexibility index (Phi) is 5.04. The van der Waals surface area contributed by atoms with Gasteiger partial charge < -0.3 is 10.2 Å². The molecule has 1 aromatic rings. The maximum atomic E-state index is 6.45. The van der Waals surface area contributed by atoms with E-state index in [1.54, 1.807) is 0 Å². The molecule has 0 radical (unpaired) electrons. The molecule has 0 amide bonds. The summed E-state index contributed by atoms with van der Waals surface area (Å²) < 4.78 is 0.382. The average molecular weight is 299 g/mol. The number of halogens is 1. The van der Waals surface area contributed by atoms with Crippen LogP contribution in [0.3, 0.4) is 0 Å². The van der Waals surface area contributed by atoms with Crippen LogP contribution in [0.2, 0.25) is 5.02 Å². The average Bonchev–Trinajstić information content (AvgIpc) is 2.51. The van der Waals surface area contributed by atoms with Crippen LogP contribution in [-0.2, 0) is 6.54 Å². The topological polar surface area (TPSA) is 15.3 Å². The van der Waals surface area contributed by atoms with E-state index in [4.69, 9.17) is 11.6 Å². The lowest BCUT2D eigenvalue weighted by Crippen LogP contribution is -2.27. The van der Waals surface area contributed by atoms with Crippen molar-refractivity contribution in [1.82, 2.24) is 5.32 Å². The van der Waals surface area contributed by atoms with Crippen LogP contribution in [0.25, 0.3) is 0 Å². The van der Waals surface area contributed by atoms with Crippen molar-refractivity contribution < 1.29 is 0 Å². The third kappa shape index (κ3) is 4.04. The Morgan fingerprint density at radius 2 is 2.16 bits per heavy atom. The fourth-order valence-electron chi connectivity index (χ4n) is 2.38. The predicted molar refractivity (Wildman–Crippen MR) is 87.6 cm³/mol. The van der Waals surface area contributed by atoms with Gasteiger partial charge in [-0.3, -0.25) is 0 Å². The summed E-state index contributed by atoms with van der Waals surface area (Å²) in [6, 6.07) is 6.41. The van der Waals surface area contributed by atoms with Crippen LogP contribution in [-0.4, -0.2) is 30.6 Å². The van der Waals surface area contributed by atoms with E-state index in [9.17, 15) is 0 Å². The van der Waals surface area contributed by atoms with Gasteiger partial charge in [0.15, 0.2) is 0 Å². The molecule has 0 aromatic heterocycles. The second-order valence-corrected chi connectivity index (χ2v) is 7.87. The predicted octanol–water partition coefficient (Wildman–Crippen LogP) is 3.78. The fourth-order valence-corrected chi connectivity index (χ4v) is 3.80. The number of benzene rings is 1. The molecule has 0 unspecified atom stereocenters. The van der Waals surface area contributed by atoms with Crippen LogP contribution >= 0.6 is 23.4 Å². The lowest BCUT2D eigenvalue weighted by atomic mass is 10.1. The molecular weight excluding hydrogens is 276 g/mol. The monoisotopic (exact) mass is 298 g/mol. The molecule has 1 aliphatic rings. The van der Waals surface area contributed by atoms with E-state index in [0.29, 0.717) is 4.75 Å². The molecule has 0 aliphatic carbocycles. The Hall–Kier alpha value is -0.380. The summed E-state index contributed by atoms with van der Waals surface area (Å²) in [5.41, 5.74) is 2.42. The van der Waals surface area contributed by atoms with Crippen molar-refractivity contribution in [2.45, 2.75) is 31.6 Å². The zero-order valence-electron chi connectivity index (χ0n) is 12.0. The highest BCUT2D eigenvalue weighted by atomic mass is 35.5. The summed E-state index contributed by atoms with van der Waals surface area (Å²) in [5, 5.41) is 4.03. The summed E-state index contributed by atoms with van der Waals surface area (Å²) >= 11 is 8.51. The van der Waals surface area contributed by atoms with E-state index in [2.05, 4.69) is 54.0 Å². The van der Waals surface area contributed by atoms with Crippen LogP contribution in [0.15, 0.2) is 18.2 Å². The van der Waals surface area contributed by atoms with E-state index in [1.807, 2.05) is 7.05 Å². The van der Waals surface area contributed by atoms with Crippen LogP contribution in [0.5, 0.6) is 0 Å². The van der Waals surface area contributed by atoms with E-state index < -0.39 is 0 Å². The molecule has 0 bridgehead atoms. The molecule has 4 heteroatoms. The summed E-state index contributed by atoms with van der Waals surface area (Å²) in [4.78, 5) is 2.42. The summed E-state index contributed by atoms with van der Waals surface area (Å²) in [7, 11) is 1.95. The van der Waals surface area contributed by atoms with E-state index in [-0.39, 0.29) is 0 Å². The molecule has 2 rings (SSSR count). The number of nitrogens with one attached hydrogen (secondary N) is 1. The molecule has 0 atom stereocenters. The number of hydrogen-bond acceptors (Lipinski definition) is 3. The molecule has 19 heavy (non-hydrogen) atoms. The van der Waals surface area contributed by atoms with E-state index >= 15 is 0 Å². The van der Waals surface area contributed by atoms with Gasteiger partial charge in [0.1, 0.15) is 0 Å². The van der Waals surface area contributed by atoms with Crippen molar-refractivity contribution in [2.24, 2.45) is 0 Å². The van der Waals surface area contributed by atoms with Crippen molar-refractivity contribution in [2.75, 3.05) is 30.8 Å². The van der Waals surface area contributed by atoms with Crippen LogP contribution in [0.4, 0.5) is 5.69 Å². The Morgan fingerprint density at radius 1 is 1.37 bits per heavy atom. The van der Waals surface area contributed by atoms with E-state index in [1.165, 1.54) is 23.4 Å². The molecule has 2 nitrogen and oxygen atoms in total. The first-order valence-corrected chi connectivity index (χ1v) is 8.20. The highest BCUT2D eigenvalue weighted by Crippen LogP contribution is 2.34. The number of nitrogens with zero attached hydrogens (tertiary/aromatic N) is 1. The zero-order chi connectivity index (χ0) is 13.9. The second-order valence-electron chi connectivity index (χ2n) is 5.66. The van der Waals surface area contributed by atoms with Gasteiger partial charge >= 0.3 is 0 Å². The molecule has 106 valence electrons. The molecule has 0 saturated carbocycles. The van der Waals surface area contributed by atoms with Gasteiger partial charge in [-0.15, -0.1) is 0 Å². The Balaban J connectivity index is 2.13. The van der Waals surface area contributed by atoms with Gasteiger partial charge in [0.25, 0.3) is 0 Å². The Bertz CT molecular complexity index is 434. The van der Waals surface area contributed by atoms with Gasteiger partial charge in [0, 0.05) is 30.1 Å².